The van der Waals surface area contributed by atoms with E-state index in [1.54, 1.807) is 5.51 Å². The van der Waals surface area contributed by atoms with E-state index in [4.69, 9.17) is 0 Å². The molecule has 2 rings (SSSR count). The number of rotatable bonds is 5. The summed E-state index contributed by atoms with van der Waals surface area (Å²) in [5.41, 5.74) is 2.53. The molecule has 0 saturated carbocycles. The van der Waals surface area contributed by atoms with Crippen LogP contribution < -0.4 is 5.32 Å². The Balaban J connectivity index is 1.81. The van der Waals surface area contributed by atoms with Gasteiger partial charge in [0.05, 0.1) is 17.5 Å². The van der Waals surface area contributed by atoms with Crippen molar-refractivity contribution in [3.63, 3.8) is 0 Å². The lowest BCUT2D eigenvalue weighted by Crippen LogP contribution is -2.41. The van der Waals surface area contributed by atoms with Gasteiger partial charge in [0.25, 0.3) is 5.91 Å². The van der Waals surface area contributed by atoms with Crippen molar-refractivity contribution in [2.75, 3.05) is 25.9 Å². The van der Waals surface area contributed by atoms with Crippen LogP contribution in [0.1, 0.15) is 35.1 Å². The number of piperidine rings is 1. The number of hydrogen-bond donors (Lipinski definition) is 1. The van der Waals surface area contributed by atoms with Crippen molar-refractivity contribution >= 4 is 27.3 Å². The summed E-state index contributed by atoms with van der Waals surface area (Å²) in [6.45, 7) is 3.66. The van der Waals surface area contributed by atoms with Gasteiger partial charge in [-0.1, -0.05) is 6.92 Å². The van der Waals surface area contributed by atoms with E-state index in [1.165, 1.54) is 21.9 Å². The van der Waals surface area contributed by atoms with Gasteiger partial charge in [0, 0.05) is 19.6 Å². The molecule has 8 heteroatoms. The minimum Gasteiger partial charge on any atom is -0.351 e. The average molecular weight is 331 g/mol. The molecule has 1 aromatic rings. The minimum absolute atomic E-state index is 0.0695. The summed E-state index contributed by atoms with van der Waals surface area (Å²) in [6.07, 6.45) is 3.57. The number of hydrogen-bond acceptors (Lipinski definition) is 5. The smallest absolute Gasteiger partial charge is 0.263 e. The van der Waals surface area contributed by atoms with Crippen LogP contribution in [0.2, 0.25) is 0 Å². The Morgan fingerprint density at radius 3 is 2.71 bits per heavy atom. The second kappa shape index (κ2) is 6.85. The van der Waals surface area contributed by atoms with Crippen LogP contribution in [0.15, 0.2) is 5.51 Å². The first-order valence-electron chi connectivity index (χ1n) is 7.07. The van der Waals surface area contributed by atoms with Crippen molar-refractivity contribution in [3.05, 3.63) is 16.1 Å². The van der Waals surface area contributed by atoms with Crippen LogP contribution in [0.25, 0.3) is 0 Å². The Morgan fingerprint density at radius 2 is 2.14 bits per heavy atom. The molecular weight excluding hydrogens is 310 g/mol. The van der Waals surface area contributed by atoms with Crippen LogP contribution in [0.5, 0.6) is 0 Å². The number of aromatic nitrogens is 1. The number of aryl methyl sites for hydroxylation is 1. The van der Waals surface area contributed by atoms with Crippen LogP contribution >= 0.6 is 11.3 Å². The Kier molecular flexibility index (Phi) is 5.34. The van der Waals surface area contributed by atoms with Crippen molar-refractivity contribution in [1.29, 1.82) is 0 Å². The lowest BCUT2D eigenvalue weighted by atomic mass is 9.98. The van der Waals surface area contributed by atoms with E-state index in [0.29, 0.717) is 30.4 Å². The van der Waals surface area contributed by atoms with Crippen molar-refractivity contribution < 1.29 is 13.2 Å². The van der Waals surface area contributed by atoms with E-state index < -0.39 is 10.0 Å². The van der Waals surface area contributed by atoms with Crippen molar-refractivity contribution in [3.8, 4) is 0 Å². The lowest BCUT2D eigenvalue weighted by Gasteiger charge is -2.30. The normalized spacial score (nSPS) is 17.8. The quantitative estimate of drug-likeness (QED) is 0.876. The standard InChI is InChI=1S/C13H21N3O3S2/c1-3-11-12(20-9-15-11)13(17)14-8-10-4-6-16(7-5-10)21(2,18)19/h9-10H,3-8H2,1-2H3,(H,14,17). The van der Waals surface area contributed by atoms with E-state index in [-0.39, 0.29) is 5.91 Å². The first kappa shape index (κ1) is 16.4. The zero-order valence-electron chi connectivity index (χ0n) is 12.3. The molecule has 21 heavy (non-hydrogen) atoms. The molecule has 1 aliphatic rings. The molecule has 1 aliphatic heterocycles. The second-order valence-corrected chi connectivity index (χ2v) is 8.13. The molecule has 0 atom stereocenters. The SMILES string of the molecule is CCc1ncsc1C(=O)NCC1CCN(S(C)(=O)=O)CC1. The molecule has 1 saturated heterocycles. The van der Waals surface area contributed by atoms with E-state index in [1.807, 2.05) is 6.92 Å². The zero-order chi connectivity index (χ0) is 15.5. The van der Waals surface area contributed by atoms with Gasteiger partial charge in [0.2, 0.25) is 10.0 Å². The number of amides is 1. The molecule has 0 bridgehead atoms. The molecule has 2 heterocycles. The largest absolute Gasteiger partial charge is 0.351 e. The van der Waals surface area contributed by atoms with Crippen molar-refractivity contribution in [2.45, 2.75) is 26.2 Å². The highest BCUT2D eigenvalue weighted by atomic mass is 32.2. The summed E-state index contributed by atoms with van der Waals surface area (Å²) in [5.74, 6) is 0.268. The molecule has 1 amide bonds. The van der Waals surface area contributed by atoms with Gasteiger partial charge in [-0.2, -0.15) is 0 Å². The van der Waals surface area contributed by atoms with Crippen LogP contribution in [-0.2, 0) is 16.4 Å². The van der Waals surface area contributed by atoms with Crippen molar-refractivity contribution in [1.82, 2.24) is 14.6 Å². The number of carbonyl (C=O) groups is 1. The molecule has 0 radical (unpaired) electrons. The fourth-order valence-corrected chi connectivity index (χ4v) is 4.14. The van der Waals surface area contributed by atoms with Gasteiger partial charge in [-0.25, -0.2) is 17.7 Å². The fourth-order valence-electron chi connectivity index (χ4n) is 2.47. The van der Waals surface area contributed by atoms with Gasteiger partial charge >= 0.3 is 0 Å². The highest BCUT2D eigenvalue weighted by molar-refractivity contribution is 7.88. The maximum Gasteiger partial charge on any atom is 0.263 e. The van der Waals surface area contributed by atoms with E-state index in [0.717, 1.165) is 25.0 Å². The minimum atomic E-state index is -3.09. The first-order chi connectivity index (χ1) is 9.91. The molecule has 1 N–H and O–H groups in total. The number of nitrogens with one attached hydrogen (secondary N) is 1. The molecular formula is C13H21N3O3S2. The van der Waals surface area contributed by atoms with E-state index >= 15 is 0 Å². The average Bonchev–Trinajstić information content (AvgIpc) is 2.92. The zero-order valence-corrected chi connectivity index (χ0v) is 14.0. The lowest BCUT2D eigenvalue weighted by molar-refractivity contribution is 0.0944. The van der Waals surface area contributed by atoms with Gasteiger partial charge in [-0.3, -0.25) is 4.79 Å². The molecule has 1 aromatic heterocycles. The van der Waals surface area contributed by atoms with Gasteiger partial charge in [0.15, 0.2) is 0 Å². The third-order valence-corrected chi connectivity index (χ3v) is 5.95. The van der Waals surface area contributed by atoms with E-state index in [9.17, 15) is 13.2 Å². The van der Waals surface area contributed by atoms with Crippen LogP contribution in [-0.4, -0.2) is 49.5 Å². The summed E-state index contributed by atoms with van der Waals surface area (Å²) >= 11 is 1.36. The third-order valence-electron chi connectivity index (χ3n) is 3.78. The second-order valence-electron chi connectivity index (χ2n) is 5.30. The third kappa shape index (κ3) is 4.24. The summed E-state index contributed by atoms with van der Waals surface area (Å²) in [4.78, 5) is 17.0. The number of sulfonamides is 1. The van der Waals surface area contributed by atoms with E-state index in [2.05, 4.69) is 10.3 Å². The first-order valence-corrected chi connectivity index (χ1v) is 9.80. The van der Waals surface area contributed by atoms with Crippen molar-refractivity contribution in [2.24, 2.45) is 5.92 Å². The predicted molar refractivity (Wildman–Crippen MR) is 83.0 cm³/mol. The Morgan fingerprint density at radius 1 is 1.48 bits per heavy atom. The topological polar surface area (TPSA) is 79.4 Å². The number of thiazole rings is 1. The molecule has 1 fully saturated rings. The molecule has 6 nitrogen and oxygen atoms in total. The van der Waals surface area contributed by atoms with Crippen LogP contribution in [0, 0.1) is 5.92 Å². The highest BCUT2D eigenvalue weighted by Gasteiger charge is 2.25. The number of nitrogens with zero attached hydrogens (tertiary/aromatic N) is 2. The monoisotopic (exact) mass is 331 g/mol. The summed E-state index contributed by atoms with van der Waals surface area (Å²) in [7, 11) is -3.09. The molecule has 0 spiro atoms. The summed E-state index contributed by atoms with van der Waals surface area (Å²) in [6, 6.07) is 0. The van der Waals surface area contributed by atoms with Gasteiger partial charge < -0.3 is 5.32 Å². The maximum absolute atomic E-state index is 12.1. The highest BCUT2D eigenvalue weighted by Crippen LogP contribution is 2.19. The molecule has 0 aliphatic carbocycles. The van der Waals surface area contributed by atoms with Gasteiger partial charge in [-0.05, 0) is 25.2 Å². The summed E-state index contributed by atoms with van der Waals surface area (Å²) < 4.78 is 24.4. The Bertz CT molecular complexity index is 590. The molecule has 0 unspecified atom stereocenters. The fraction of sp³-hybridized carbons (Fsp3) is 0.692. The summed E-state index contributed by atoms with van der Waals surface area (Å²) in [5, 5.41) is 2.95. The number of carbonyl (C=O) groups excluding carboxylic acids is 1. The van der Waals surface area contributed by atoms with Gasteiger partial charge in [0.1, 0.15) is 4.88 Å². The predicted octanol–water partition coefficient (Wildman–Crippen LogP) is 1.11. The van der Waals surface area contributed by atoms with Crippen LogP contribution in [0.3, 0.4) is 0 Å². The van der Waals surface area contributed by atoms with Gasteiger partial charge in [-0.15, -0.1) is 11.3 Å². The molecule has 118 valence electrons. The molecule has 0 aromatic carbocycles. The Labute approximate surface area is 129 Å². The van der Waals surface area contributed by atoms with Crippen LogP contribution in [0.4, 0.5) is 0 Å². The maximum atomic E-state index is 12.1. The Hall–Kier alpha value is -0.990.